The number of nitrogens with zero attached hydrogens (tertiary/aromatic N) is 1. The molecule has 2 rings (SSSR count). The van der Waals surface area contributed by atoms with Crippen molar-refractivity contribution in [3.05, 3.63) is 42.5 Å². The van der Waals surface area contributed by atoms with E-state index in [-0.39, 0.29) is 0 Å². The van der Waals surface area contributed by atoms with Crippen molar-refractivity contribution in [1.29, 1.82) is 5.26 Å². The molecule has 3 heteroatoms. The molecule has 0 radical (unpaired) electrons. The Kier molecular flexibility index (Phi) is 3.50. The summed E-state index contributed by atoms with van der Waals surface area (Å²) in [7, 11) is 0. The van der Waals surface area contributed by atoms with Gasteiger partial charge >= 0.3 is 0 Å². The van der Waals surface area contributed by atoms with Crippen LogP contribution in [0, 0.1) is 11.3 Å². The molecule has 0 aliphatic heterocycles. The predicted molar refractivity (Wildman–Crippen MR) is 72.3 cm³/mol. The maximum Gasteiger partial charge on any atom is 0.119 e. The summed E-state index contributed by atoms with van der Waals surface area (Å²) < 4.78 is 5.62. The first-order valence-electron chi connectivity index (χ1n) is 5.92. The lowest BCUT2D eigenvalue weighted by atomic mass is 10.0. The lowest BCUT2D eigenvalue weighted by molar-refractivity contribution is 0.286. The van der Waals surface area contributed by atoms with Crippen LogP contribution < -0.4 is 10.5 Å². The van der Waals surface area contributed by atoms with Gasteiger partial charge in [-0.15, -0.1) is 0 Å². The van der Waals surface area contributed by atoms with Gasteiger partial charge in [0.2, 0.25) is 0 Å². The third-order valence-electron chi connectivity index (χ3n) is 2.87. The Morgan fingerprint density at radius 2 is 1.94 bits per heavy atom. The van der Waals surface area contributed by atoms with E-state index >= 15 is 0 Å². The van der Waals surface area contributed by atoms with E-state index in [0.29, 0.717) is 13.0 Å². The Hall–Kier alpha value is -2.05. The molecule has 0 aliphatic carbocycles. The zero-order chi connectivity index (χ0) is 13.0. The molecule has 0 saturated carbocycles. The van der Waals surface area contributed by atoms with E-state index < -0.39 is 5.54 Å². The molecule has 92 valence electrons. The molecule has 0 aromatic heterocycles. The molecule has 0 aliphatic rings. The average molecular weight is 240 g/mol. The van der Waals surface area contributed by atoms with E-state index in [2.05, 4.69) is 12.1 Å². The van der Waals surface area contributed by atoms with E-state index in [1.54, 1.807) is 6.92 Å². The fourth-order valence-corrected chi connectivity index (χ4v) is 1.69. The number of nitrogens with two attached hydrogens (primary N) is 1. The van der Waals surface area contributed by atoms with Gasteiger partial charge in [0.05, 0.1) is 12.7 Å². The lowest BCUT2D eigenvalue weighted by Gasteiger charge is -2.15. The largest absolute Gasteiger partial charge is 0.493 e. The van der Waals surface area contributed by atoms with Crippen LogP contribution >= 0.6 is 0 Å². The molecule has 18 heavy (non-hydrogen) atoms. The smallest absolute Gasteiger partial charge is 0.119 e. The van der Waals surface area contributed by atoms with E-state index in [1.807, 2.05) is 36.4 Å². The molecule has 1 unspecified atom stereocenters. The minimum Gasteiger partial charge on any atom is -0.493 e. The number of rotatable bonds is 4. The van der Waals surface area contributed by atoms with Gasteiger partial charge in [0.15, 0.2) is 0 Å². The molecule has 0 bridgehead atoms. The van der Waals surface area contributed by atoms with Crippen molar-refractivity contribution < 1.29 is 4.74 Å². The Morgan fingerprint density at radius 3 is 2.67 bits per heavy atom. The molecule has 0 spiro atoms. The van der Waals surface area contributed by atoms with Gasteiger partial charge in [0.25, 0.3) is 0 Å². The SMILES string of the molecule is CC(N)(C#N)CCOc1ccc2ccccc2c1. The minimum atomic E-state index is -0.823. The standard InChI is InChI=1S/C15H16N2O/c1-15(17,11-16)8-9-18-14-7-6-12-4-2-3-5-13(12)10-14/h2-7,10H,8-9,17H2,1H3. The van der Waals surface area contributed by atoms with Gasteiger partial charge in [-0.2, -0.15) is 5.26 Å². The zero-order valence-corrected chi connectivity index (χ0v) is 10.4. The first-order valence-corrected chi connectivity index (χ1v) is 5.92. The number of hydrogen-bond donors (Lipinski definition) is 1. The maximum atomic E-state index is 8.80. The second kappa shape index (κ2) is 5.07. The number of hydrogen-bond acceptors (Lipinski definition) is 3. The highest BCUT2D eigenvalue weighted by Crippen LogP contribution is 2.20. The molecule has 2 N–H and O–H groups in total. The van der Waals surface area contributed by atoms with Crippen LogP contribution in [0.3, 0.4) is 0 Å². The highest BCUT2D eigenvalue weighted by molar-refractivity contribution is 5.83. The highest BCUT2D eigenvalue weighted by Gasteiger charge is 2.16. The van der Waals surface area contributed by atoms with Crippen LogP contribution in [0.1, 0.15) is 13.3 Å². The van der Waals surface area contributed by atoms with Gasteiger partial charge < -0.3 is 10.5 Å². The molecular formula is C15H16N2O. The monoisotopic (exact) mass is 240 g/mol. The van der Waals surface area contributed by atoms with Gasteiger partial charge in [0.1, 0.15) is 11.3 Å². The van der Waals surface area contributed by atoms with Gasteiger partial charge in [-0.05, 0) is 29.8 Å². The molecule has 0 heterocycles. The predicted octanol–water partition coefficient (Wildman–Crippen LogP) is 2.85. The van der Waals surface area contributed by atoms with Crippen molar-refractivity contribution in [2.75, 3.05) is 6.61 Å². The van der Waals surface area contributed by atoms with Gasteiger partial charge in [0, 0.05) is 6.42 Å². The lowest BCUT2D eigenvalue weighted by Crippen LogP contribution is -2.35. The first-order chi connectivity index (χ1) is 8.61. The summed E-state index contributed by atoms with van der Waals surface area (Å²) in [6, 6.07) is 16.1. The zero-order valence-electron chi connectivity index (χ0n) is 10.4. The summed E-state index contributed by atoms with van der Waals surface area (Å²) in [5.41, 5.74) is 4.91. The second-order valence-electron chi connectivity index (χ2n) is 4.64. The molecule has 0 amide bonds. The van der Waals surface area contributed by atoms with Crippen LogP contribution in [0.25, 0.3) is 10.8 Å². The maximum absolute atomic E-state index is 8.80. The van der Waals surface area contributed by atoms with Crippen molar-refractivity contribution in [1.82, 2.24) is 0 Å². The Bertz CT molecular complexity index is 584. The third kappa shape index (κ3) is 2.99. The van der Waals surface area contributed by atoms with E-state index in [4.69, 9.17) is 15.7 Å². The molecule has 1 atom stereocenters. The Morgan fingerprint density at radius 1 is 1.22 bits per heavy atom. The summed E-state index contributed by atoms with van der Waals surface area (Å²) in [5, 5.41) is 11.1. The minimum absolute atomic E-state index is 0.443. The van der Waals surface area contributed by atoms with Crippen LogP contribution in [0.5, 0.6) is 5.75 Å². The van der Waals surface area contributed by atoms with Crippen molar-refractivity contribution in [3.63, 3.8) is 0 Å². The summed E-state index contributed by atoms with van der Waals surface area (Å²) in [6.45, 7) is 2.15. The highest BCUT2D eigenvalue weighted by atomic mass is 16.5. The van der Waals surface area contributed by atoms with Gasteiger partial charge in [-0.25, -0.2) is 0 Å². The van der Waals surface area contributed by atoms with E-state index in [9.17, 15) is 0 Å². The fourth-order valence-electron chi connectivity index (χ4n) is 1.69. The quantitative estimate of drug-likeness (QED) is 0.894. The summed E-state index contributed by atoms with van der Waals surface area (Å²) in [4.78, 5) is 0. The molecule has 0 saturated heterocycles. The summed E-state index contributed by atoms with van der Waals surface area (Å²) in [5.74, 6) is 0.808. The van der Waals surface area contributed by atoms with Gasteiger partial charge in [-0.1, -0.05) is 30.3 Å². The van der Waals surface area contributed by atoms with Crippen LogP contribution in [0.2, 0.25) is 0 Å². The normalized spacial score (nSPS) is 13.8. The number of nitriles is 1. The topological polar surface area (TPSA) is 59.0 Å². The molecule has 2 aromatic carbocycles. The van der Waals surface area contributed by atoms with Gasteiger partial charge in [-0.3, -0.25) is 0 Å². The number of benzene rings is 2. The van der Waals surface area contributed by atoms with Crippen LogP contribution in [-0.2, 0) is 0 Å². The first kappa shape index (κ1) is 12.4. The van der Waals surface area contributed by atoms with Crippen molar-refractivity contribution in [3.8, 4) is 11.8 Å². The van der Waals surface area contributed by atoms with Crippen LogP contribution in [-0.4, -0.2) is 12.1 Å². The number of ether oxygens (including phenoxy) is 1. The Balaban J connectivity index is 2.03. The average Bonchev–Trinajstić information content (AvgIpc) is 2.38. The van der Waals surface area contributed by atoms with Crippen molar-refractivity contribution in [2.24, 2.45) is 5.73 Å². The summed E-state index contributed by atoms with van der Waals surface area (Å²) >= 11 is 0. The fraction of sp³-hybridized carbons (Fsp3) is 0.267. The van der Waals surface area contributed by atoms with E-state index in [1.165, 1.54) is 5.39 Å². The third-order valence-corrected chi connectivity index (χ3v) is 2.87. The molecule has 3 nitrogen and oxygen atoms in total. The van der Waals surface area contributed by atoms with Crippen LogP contribution in [0.4, 0.5) is 0 Å². The molecule has 0 fully saturated rings. The molecule has 2 aromatic rings. The molecular weight excluding hydrogens is 224 g/mol. The summed E-state index contributed by atoms with van der Waals surface area (Å²) in [6.07, 6.45) is 0.510. The van der Waals surface area contributed by atoms with Crippen LogP contribution in [0.15, 0.2) is 42.5 Å². The van der Waals surface area contributed by atoms with Crippen molar-refractivity contribution in [2.45, 2.75) is 18.9 Å². The second-order valence-corrected chi connectivity index (χ2v) is 4.64. The van der Waals surface area contributed by atoms with E-state index in [0.717, 1.165) is 11.1 Å². The Labute approximate surface area is 107 Å². The van der Waals surface area contributed by atoms with Crippen molar-refractivity contribution >= 4 is 10.8 Å². The number of fused-ring (bicyclic) bond motifs is 1.